The molecule has 0 radical (unpaired) electrons. The van der Waals surface area contributed by atoms with E-state index >= 15 is 0 Å². The molecule has 0 spiro atoms. The van der Waals surface area contributed by atoms with Gasteiger partial charge in [0, 0.05) is 12.3 Å². The predicted octanol–water partition coefficient (Wildman–Crippen LogP) is 5.19. The molecule has 150 valence electrons. The number of ketones is 1. The Labute approximate surface area is 160 Å². The van der Waals surface area contributed by atoms with Gasteiger partial charge in [-0.1, -0.05) is 44.8 Å². The van der Waals surface area contributed by atoms with E-state index in [1.165, 1.54) is 44.1 Å². The molecule has 2 aliphatic rings. The van der Waals surface area contributed by atoms with Gasteiger partial charge < -0.3 is 10.2 Å². The van der Waals surface area contributed by atoms with Gasteiger partial charge in [-0.2, -0.15) is 0 Å². The fourth-order valence-corrected chi connectivity index (χ4v) is 4.89. The maximum Gasteiger partial charge on any atom is 0.136 e. The van der Waals surface area contributed by atoms with Crippen molar-refractivity contribution in [2.24, 2.45) is 17.8 Å². The molecule has 2 N–H and O–H groups in total. The van der Waals surface area contributed by atoms with Crippen molar-refractivity contribution in [1.82, 2.24) is 0 Å². The SMILES string of the molecule is C=C(CCC(CC(=O)C1CCCC1)CC(O)CC(O)CC)C1CCCC1. The van der Waals surface area contributed by atoms with E-state index in [9.17, 15) is 15.0 Å². The van der Waals surface area contributed by atoms with Gasteiger partial charge in [0.15, 0.2) is 0 Å². The fourth-order valence-electron chi connectivity index (χ4n) is 4.89. The third kappa shape index (κ3) is 7.15. The van der Waals surface area contributed by atoms with Crippen LogP contribution >= 0.6 is 0 Å². The van der Waals surface area contributed by atoms with Gasteiger partial charge in [-0.15, -0.1) is 0 Å². The summed E-state index contributed by atoms with van der Waals surface area (Å²) in [6.07, 6.45) is 13.0. The van der Waals surface area contributed by atoms with Crippen LogP contribution in [-0.4, -0.2) is 28.2 Å². The number of rotatable bonds is 12. The molecule has 26 heavy (non-hydrogen) atoms. The Kier molecular flexibility index (Phi) is 9.35. The average molecular weight is 365 g/mol. The molecule has 0 aromatic carbocycles. The van der Waals surface area contributed by atoms with Gasteiger partial charge in [0.1, 0.15) is 5.78 Å². The minimum Gasteiger partial charge on any atom is -0.393 e. The zero-order valence-electron chi connectivity index (χ0n) is 16.8. The zero-order valence-corrected chi connectivity index (χ0v) is 16.8. The lowest BCUT2D eigenvalue weighted by molar-refractivity contribution is -0.123. The second-order valence-electron chi connectivity index (χ2n) is 8.88. The van der Waals surface area contributed by atoms with Crippen LogP contribution in [0.1, 0.15) is 96.8 Å². The maximum absolute atomic E-state index is 12.7. The van der Waals surface area contributed by atoms with Gasteiger partial charge in [0.25, 0.3) is 0 Å². The van der Waals surface area contributed by atoms with Gasteiger partial charge in [0.2, 0.25) is 0 Å². The van der Waals surface area contributed by atoms with Gasteiger partial charge in [-0.25, -0.2) is 0 Å². The summed E-state index contributed by atoms with van der Waals surface area (Å²) in [6.45, 7) is 6.25. The topological polar surface area (TPSA) is 57.5 Å². The van der Waals surface area contributed by atoms with E-state index in [2.05, 4.69) is 6.58 Å². The van der Waals surface area contributed by atoms with Crippen LogP contribution in [0.2, 0.25) is 0 Å². The Morgan fingerprint density at radius 3 is 2.12 bits per heavy atom. The number of hydrogen-bond acceptors (Lipinski definition) is 3. The van der Waals surface area contributed by atoms with Crippen LogP contribution in [0.3, 0.4) is 0 Å². The minimum atomic E-state index is -0.508. The second kappa shape index (κ2) is 11.2. The van der Waals surface area contributed by atoms with Gasteiger partial charge in [-0.05, 0) is 69.6 Å². The van der Waals surface area contributed by atoms with Crippen molar-refractivity contribution in [2.45, 2.75) is 109 Å². The van der Waals surface area contributed by atoms with Crippen molar-refractivity contribution in [2.75, 3.05) is 0 Å². The van der Waals surface area contributed by atoms with Crippen LogP contribution < -0.4 is 0 Å². The maximum atomic E-state index is 12.7. The molecule has 3 atom stereocenters. The molecular weight excluding hydrogens is 324 g/mol. The van der Waals surface area contributed by atoms with Gasteiger partial charge in [-0.3, -0.25) is 4.79 Å². The lowest BCUT2D eigenvalue weighted by Crippen LogP contribution is -2.23. The number of aliphatic hydroxyl groups excluding tert-OH is 2. The van der Waals surface area contributed by atoms with Crippen molar-refractivity contribution in [3.8, 4) is 0 Å². The third-order valence-electron chi connectivity index (χ3n) is 6.73. The molecule has 3 nitrogen and oxygen atoms in total. The number of Topliss-reactive ketones (excluding diaryl/α,β-unsaturated/α-hetero) is 1. The third-order valence-corrected chi connectivity index (χ3v) is 6.73. The molecular formula is C23H40O3. The summed E-state index contributed by atoms with van der Waals surface area (Å²) in [6, 6.07) is 0. The first-order valence-corrected chi connectivity index (χ1v) is 11.1. The number of carbonyl (C=O) groups is 1. The van der Waals surface area contributed by atoms with Crippen LogP contribution in [0, 0.1) is 17.8 Å². The molecule has 0 saturated heterocycles. The van der Waals surface area contributed by atoms with Gasteiger partial charge in [0.05, 0.1) is 12.2 Å². The standard InChI is InChI=1S/C23H40O3/c1-3-21(24)16-22(25)14-18(15-23(26)20-10-6-7-11-20)13-12-17(2)19-8-4-5-9-19/h18-22,24-25H,2-16H2,1H3. The Hall–Kier alpha value is -0.670. The molecule has 2 rings (SSSR count). The molecule has 0 aromatic rings. The number of hydrogen-bond donors (Lipinski definition) is 2. The van der Waals surface area contributed by atoms with E-state index in [1.807, 2.05) is 6.92 Å². The predicted molar refractivity (Wildman–Crippen MR) is 107 cm³/mol. The van der Waals surface area contributed by atoms with Crippen molar-refractivity contribution < 1.29 is 15.0 Å². The van der Waals surface area contributed by atoms with Crippen LogP contribution in [0.15, 0.2) is 12.2 Å². The van der Waals surface area contributed by atoms with Gasteiger partial charge >= 0.3 is 0 Å². The molecule has 2 aliphatic carbocycles. The summed E-state index contributed by atoms with van der Waals surface area (Å²) in [5, 5.41) is 20.2. The average Bonchev–Trinajstić information content (AvgIpc) is 3.32. The van der Waals surface area contributed by atoms with E-state index < -0.39 is 12.2 Å². The largest absolute Gasteiger partial charge is 0.393 e. The van der Waals surface area contributed by atoms with Crippen LogP contribution in [0.4, 0.5) is 0 Å². The molecule has 0 heterocycles. The molecule has 0 aromatic heterocycles. The highest BCUT2D eigenvalue weighted by atomic mass is 16.3. The van der Waals surface area contributed by atoms with E-state index in [-0.39, 0.29) is 11.8 Å². The van der Waals surface area contributed by atoms with E-state index in [0.717, 1.165) is 25.7 Å². The summed E-state index contributed by atoms with van der Waals surface area (Å²) >= 11 is 0. The van der Waals surface area contributed by atoms with Crippen molar-refractivity contribution in [1.29, 1.82) is 0 Å². The highest BCUT2D eigenvalue weighted by Crippen LogP contribution is 2.35. The van der Waals surface area contributed by atoms with E-state index in [0.29, 0.717) is 37.4 Å². The highest BCUT2D eigenvalue weighted by Gasteiger charge is 2.27. The number of allylic oxidation sites excluding steroid dienone is 1. The minimum absolute atomic E-state index is 0.223. The first-order valence-electron chi connectivity index (χ1n) is 11.1. The van der Waals surface area contributed by atoms with Crippen LogP contribution in [0.5, 0.6) is 0 Å². The molecule has 0 amide bonds. The van der Waals surface area contributed by atoms with E-state index in [4.69, 9.17) is 0 Å². The molecule has 2 saturated carbocycles. The molecule has 3 unspecified atom stereocenters. The van der Waals surface area contributed by atoms with Crippen molar-refractivity contribution in [3.05, 3.63) is 12.2 Å². The lowest BCUT2D eigenvalue weighted by Gasteiger charge is -2.24. The Morgan fingerprint density at radius 1 is 0.962 bits per heavy atom. The first kappa shape index (κ1) is 21.6. The van der Waals surface area contributed by atoms with E-state index in [1.54, 1.807) is 0 Å². The summed E-state index contributed by atoms with van der Waals surface area (Å²) in [7, 11) is 0. The lowest BCUT2D eigenvalue weighted by atomic mass is 9.83. The molecule has 0 aliphatic heterocycles. The quantitative estimate of drug-likeness (QED) is 0.469. The Bertz CT molecular complexity index is 433. The summed E-state index contributed by atoms with van der Waals surface area (Å²) in [5.41, 5.74) is 1.35. The van der Waals surface area contributed by atoms with Crippen LogP contribution in [-0.2, 0) is 4.79 Å². The second-order valence-corrected chi connectivity index (χ2v) is 8.88. The molecule has 2 fully saturated rings. The van der Waals surface area contributed by atoms with Crippen molar-refractivity contribution in [3.63, 3.8) is 0 Å². The van der Waals surface area contributed by atoms with Crippen molar-refractivity contribution >= 4 is 5.78 Å². The first-order chi connectivity index (χ1) is 12.5. The monoisotopic (exact) mass is 364 g/mol. The summed E-state index contributed by atoms with van der Waals surface area (Å²) in [4.78, 5) is 12.7. The Balaban J connectivity index is 1.86. The summed E-state index contributed by atoms with van der Waals surface area (Å²) in [5.74, 6) is 1.56. The summed E-state index contributed by atoms with van der Waals surface area (Å²) < 4.78 is 0. The Morgan fingerprint density at radius 2 is 1.54 bits per heavy atom. The zero-order chi connectivity index (χ0) is 18.9. The normalized spacial score (nSPS) is 22.4. The highest BCUT2D eigenvalue weighted by molar-refractivity contribution is 5.81. The fraction of sp³-hybridized carbons (Fsp3) is 0.870. The number of carbonyl (C=O) groups excluding carboxylic acids is 1. The smallest absolute Gasteiger partial charge is 0.136 e. The molecule has 0 bridgehead atoms. The number of aliphatic hydroxyl groups is 2. The van der Waals surface area contributed by atoms with Crippen LogP contribution in [0.25, 0.3) is 0 Å². The molecule has 3 heteroatoms.